The summed E-state index contributed by atoms with van der Waals surface area (Å²) in [5.41, 5.74) is 56.7. The predicted octanol–water partition coefficient (Wildman–Crippen LogP) is -12.4. The monoisotopic (exact) mass is 2090 g/mol. The van der Waals surface area contributed by atoms with Gasteiger partial charge in [0.25, 0.3) is 0 Å². The fourth-order valence-electron chi connectivity index (χ4n) is 14.5. The van der Waals surface area contributed by atoms with E-state index in [9.17, 15) is 77.3 Å². The van der Waals surface area contributed by atoms with E-state index in [-0.39, 0.29) is 162 Å². The van der Waals surface area contributed by atoms with Gasteiger partial charge in [0.05, 0.1) is 31.0 Å². The number of hydrogen-bond donors (Lipinski definition) is 43. The molecule has 1 aromatic carbocycles. The third-order valence-electron chi connectivity index (χ3n) is 22.2. The minimum absolute atomic E-state index is 0.000259. The van der Waals surface area contributed by atoms with Crippen LogP contribution in [0, 0.1) is 49.2 Å². The van der Waals surface area contributed by atoms with E-state index in [0.717, 1.165) is 20.8 Å². The highest BCUT2D eigenvalue weighted by Gasteiger charge is 2.40. The van der Waals surface area contributed by atoms with E-state index >= 15 is 24.0 Å². The lowest BCUT2D eigenvalue weighted by atomic mass is 9.91. The molecule has 824 valence electrons. The number of Topliss-reactive ketones (excluding diaryl/α,β-unsaturated/α-hetero) is 2. The molecule has 15 amide bonds. The minimum Gasteiger partial charge on any atom is -0.481 e. The van der Waals surface area contributed by atoms with Crippen molar-refractivity contribution >= 4 is 171 Å². The van der Waals surface area contributed by atoms with Gasteiger partial charge in [0.15, 0.2) is 59.2 Å². The summed E-state index contributed by atoms with van der Waals surface area (Å²) in [7, 11) is 0. The third-order valence-corrected chi connectivity index (χ3v) is 22.2. The third kappa shape index (κ3) is 54.1. The molecule has 0 radical (unpaired) electrons. The Morgan fingerprint density at radius 3 is 0.953 bits per heavy atom. The average molecular weight is 2090 g/mol. The number of aliphatic hydroxyl groups is 1. The Morgan fingerprint density at radius 2 is 0.608 bits per heavy atom. The number of aliphatic carboxylic acids is 2. The number of hydrogen-bond acceptors (Lipinski definition) is 28. The van der Waals surface area contributed by atoms with Crippen LogP contribution in [0.4, 0.5) is 0 Å². The second-order valence-corrected chi connectivity index (χ2v) is 34.6. The summed E-state index contributed by atoms with van der Waals surface area (Å²) < 4.78 is 0. The smallest absolute Gasteiger partial charge is 0.303 e. The molecule has 148 heavy (non-hydrogen) atoms. The highest BCUT2D eigenvalue weighted by Crippen LogP contribution is 2.22. The molecule has 15 atom stereocenters. The number of carboxylic acid groups (broad SMARTS) is 2. The van der Waals surface area contributed by atoms with Gasteiger partial charge in [-0.1, -0.05) is 18.2 Å². The highest BCUT2D eigenvalue weighted by atomic mass is 16.4. The molecule has 0 saturated carbocycles. The summed E-state index contributed by atoms with van der Waals surface area (Å²) >= 11 is 0. The molecule has 0 fully saturated rings. The normalized spacial score (nSPS) is 13.9. The molecule has 62 heteroatoms. The van der Waals surface area contributed by atoms with Crippen molar-refractivity contribution in [3.05, 3.63) is 36.0 Å². The van der Waals surface area contributed by atoms with Gasteiger partial charge in [0, 0.05) is 107 Å². The van der Waals surface area contributed by atoms with E-state index in [0.29, 0.717) is 16.5 Å². The molecule has 0 aliphatic heterocycles. The van der Waals surface area contributed by atoms with Crippen LogP contribution in [0.2, 0.25) is 0 Å². The van der Waals surface area contributed by atoms with Gasteiger partial charge in [-0.2, -0.15) is 0 Å². The number of aromatic nitrogens is 1. The molecule has 1 heterocycles. The molecule has 0 aliphatic rings. The first-order valence-electron chi connectivity index (χ1n) is 47.5. The quantitative estimate of drug-likeness (QED) is 0.0166. The number of aromatic amines is 1. The zero-order valence-corrected chi connectivity index (χ0v) is 82.8. The molecule has 0 aliphatic carbocycles. The predicted molar refractivity (Wildman–Crippen MR) is 537 cm³/mol. The summed E-state index contributed by atoms with van der Waals surface area (Å²) in [6, 6.07) is -15.1. The van der Waals surface area contributed by atoms with Crippen molar-refractivity contribution in [3.63, 3.8) is 0 Å². The number of nitrogens with one attached hydrogen (secondary N) is 30. The molecule has 0 spiro atoms. The number of primary amides is 2. The first-order chi connectivity index (χ1) is 69.7. The zero-order chi connectivity index (χ0) is 111. The molecule has 62 nitrogen and oxygen atoms in total. The second-order valence-electron chi connectivity index (χ2n) is 34.6. The first kappa shape index (κ1) is 127. The van der Waals surface area contributed by atoms with Gasteiger partial charge < -0.3 is 189 Å². The minimum atomic E-state index is -2.04. The zero-order valence-electron chi connectivity index (χ0n) is 82.8. The van der Waals surface area contributed by atoms with E-state index in [1.165, 1.54) is 0 Å². The van der Waals surface area contributed by atoms with E-state index in [2.05, 4.69) is 117 Å². The largest absolute Gasteiger partial charge is 0.481 e. The maximum absolute atomic E-state index is 15.2. The van der Waals surface area contributed by atoms with Crippen LogP contribution >= 0.6 is 0 Å². The van der Waals surface area contributed by atoms with Crippen LogP contribution in [0.25, 0.3) is 10.9 Å². The number of carbonyl (C=O) groups excluding carboxylic acids is 17. The Labute approximate surface area is 851 Å². The summed E-state index contributed by atoms with van der Waals surface area (Å²) in [5, 5.41) is 144. The Hall–Kier alpha value is -16.8. The number of fused-ring (bicyclic) bond motifs is 1. The number of carbonyl (C=O) groups is 19. The molecule has 0 bridgehead atoms. The van der Waals surface area contributed by atoms with Crippen molar-refractivity contribution in [1.29, 1.82) is 43.3 Å². The van der Waals surface area contributed by atoms with Crippen molar-refractivity contribution in [3.8, 4) is 0 Å². The van der Waals surface area contributed by atoms with E-state index in [4.69, 9.17) is 106 Å². The maximum Gasteiger partial charge on any atom is 0.303 e. The topological polar surface area (TPSA) is 1100 Å². The molecule has 1 unspecified atom stereocenters. The first-order valence-corrected chi connectivity index (χ1v) is 47.5. The fraction of sp³-hybridized carbons (Fsp3) is 0.593. The molecule has 0 saturated heterocycles. The summed E-state index contributed by atoms with van der Waals surface area (Å²) in [6.07, 6.45) is -8.57. The van der Waals surface area contributed by atoms with Crippen molar-refractivity contribution < 1.29 is 106 Å². The van der Waals surface area contributed by atoms with Crippen molar-refractivity contribution in [2.24, 2.45) is 63.3 Å². The van der Waals surface area contributed by atoms with Gasteiger partial charge >= 0.3 is 11.9 Å². The summed E-state index contributed by atoms with van der Waals surface area (Å²) in [4.78, 5) is 268. The second kappa shape index (κ2) is 68.4. The van der Waals surface area contributed by atoms with Gasteiger partial charge in [0.2, 0.25) is 88.6 Å². The Balaban J connectivity index is 2.85. The molecule has 2 rings (SSSR count). The lowest BCUT2D eigenvalue weighted by Crippen LogP contribution is -2.60. The van der Waals surface area contributed by atoms with Gasteiger partial charge in [-0.25, -0.2) is 0 Å². The summed E-state index contributed by atoms with van der Waals surface area (Å²) in [5.74, 6) is -26.3. The van der Waals surface area contributed by atoms with Gasteiger partial charge in [-0.05, 0) is 148 Å². The molecular weight excluding hydrogens is 1950 g/mol. The number of carboxylic acids is 2. The van der Waals surface area contributed by atoms with Crippen LogP contribution in [0.15, 0.2) is 30.5 Å². The van der Waals surface area contributed by atoms with E-state index in [1.807, 2.05) is 0 Å². The number of rotatable bonds is 75. The lowest BCUT2D eigenvalue weighted by Gasteiger charge is -2.28. The maximum atomic E-state index is 15.2. The SMILES string of the molecule is CC(=O)[C@H](CCC(=O)O)NC(=O)[C@H](CCCNC(=N)N)NC(=O)[C@H](Cc1c[nH]c2ccccc12)NC(=O)[C@H](CCCNC(=N)N)NC(=O)[C@H](CCCNC(=N)N)NC(=O)[C@H](CCCNC(=N)N)NC(=O)[C@H](CCCNC(=N)N)NC(=O)[C@H](CC(N)=O)NC(=O)[C@H](CCCNC(=N)N)CC(=O)[C@H](CCCNC(=N)N)NC(=O)[C@H](C)NC(=O)[C@H](CCC(N)=O)NC(=O)[C@H](CCCNC(=N)N)NC(=O)[C@@H](NC(=O)CCC(=O)O)C(C)O. The fourth-order valence-corrected chi connectivity index (χ4v) is 14.5. The van der Waals surface area contributed by atoms with E-state index < -0.39 is 302 Å². The average Bonchev–Trinajstić information content (AvgIpc) is 1.67. The Kier molecular flexibility index (Phi) is 58.9. The van der Waals surface area contributed by atoms with Crippen LogP contribution in [-0.2, 0) is 97.5 Å². The molecule has 1 aromatic heterocycles. The van der Waals surface area contributed by atoms with Gasteiger partial charge in [0.1, 0.15) is 66.5 Å². The number of H-pyrrole nitrogens is 1. The van der Waals surface area contributed by atoms with Crippen molar-refractivity contribution in [1.82, 2.24) is 117 Å². The van der Waals surface area contributed by atoms with Gasteiger partial charge in [-0.3, -0.25) is 134 Å². The van der Waals surface area contributed by atoms with Gasteiger partial charge in [-0.15, -0.1) is 0 Å². The van der Waals surface area contributed by atoms with Crippen LogP contribution in [0.5, 0.6) is 0 Å². The number of guanidine groups is 8. The molecule has 53 N–H and O–H groups in total. The standard InChI is InChI=1S/C86H148N40O22/c1-42(114-69(139)57(24-26-61(87)130)122-74(144)56(23-13-37-112-86(103)104)123-78(148)66(44(3)128)126-63(132)27-29-65(135)136)67(137)116-50(17-7-31-106-80(91)92)60(129)39-45(14-6-30-105-79(89)90)68(138)124-59(40-62(88)131)77(147)121-54(21-11-35-110-84(99)100)73(143)118-52(19-9-33-108-82(95)96)71(141)117-53(20-10-34-109-83(97)98)72(142)119-55(22-12-36-111-85(101)102)75(145)125-58(38-46-41-113-49-16-5-4-15-47(46)49)76(146)120-51(18-8-32-107-81(93)94)70(140)115-48(43(2)127)25-28-64(133)134/h4-5,15-16,41-42,44-45,48,50-59,66,113,128H,6-14,17-40H2,1-3H3,(H2,87,130)(H2,88,131)(H,114,139)(H,115,140)(H,116,137)(H,117,141)(H,118,143)(H,119,142)(H,120,146)(H,121,147)(H,122,144)(H,123,148)(H,124,138)(H,125,145)(H,126,132)(H,133,134)(H,135,136)(H4,89,90,105)(H4,91,92,106)(H4,93,94,107)(H4,95,96,108)(H4,97,98,109)(H4,99,100,110)(H4,101,102,111)(H4,103,104,112)/t42-,44?,45+,48-,50-,51-,52-,53-,54-,55-,56-,57-,58-,59-,66-/m0/s1. The van der Waals surface area contributed by atoms with Crippen LogP contribution < -0.4 is 169 Å². The molecule has 2 aromatic rings. The number of aliphatic hydroxyl groups excluding tert-OH is 1. The van der Waals surface area contributed by atoms with E-state index in [1.54, 1.807) is 30.5 Å². The van der Waals surface area contributed by atoms with Crippen LogP contribution in [0.3, 0.4) is 0 Å². The Morgan fingerprint density at radius 1 is 0.311 bits per heavy atom. The number of nitrogens with two attached hydrogens (primary N) is 10. The van der Waals surface area contributed by atoms with Crippen molar-refractivity contribution in [2.75, 3.05) is 52.4 Å². The van der Waals surface area contributed by atoms with Crippen LogP contribution in [-0.4, -0.2) is 317 Å². The number of amides is 15. The summed E-state index contributed by atoms with van der Waals surface area (Å²) in [6.45, 7) is 2.57. The number of ketones is 2. The molecular formula is C86H148N40O22. The Bertz CT molecular complexity index is 4940. The van der Waals surface area contributed by atoms with Crippen molar-refractivity contribution in [2.45, 2.75) is 266 Å². The van der Waals surface area contributed by atoms with Crippen LogP contribution in [0.1, 0.15) is 180 Å². The number of para-hydroxylation sites is 1. The lowest BCUT2D eigenvalue weighted by molar-refractivity contribution is -0.139. The highest BCUT2D eigenvalue weighted by molar-refractivity contribution is 6.02. The number of benzene rings is 1.